The van der Waals surface area contributed by atoms with Crippen LogP contribution in [0.15, 0.2) is 6.33 Å². The lowest BCUT2D eigenvalue weighted by Crippen LogP contribution is -2.33. The number of nitrogen functional groups attached to an aromatic ring is 1. The number of unbranched alkanes of at least 4 members (excludes halogenated alkanes) is 2. The van der Waals surface area contributed by atoms with Crippen LogP contribution in [-0.4, -0.2) is 64.4 Å². The van der Waals surface area contributed by atoms with Crippen molar-refractivity contribution in [1.82, 2.24) is 19.5 Å². The van der Waals surface area contributed by atoms with Gasteiger partial charge in [0.05, 0.1) is 12.9 Å². The number of aliphatic hydroxyl groups is 2. The van der Waals surface area contributed by atoms with E-state index in [4.69, 9.17) is 20.3 Å². The van der Waals surface area contributed by atoms with Crippen LogP contribution >= 0.6 is 7.82 Å². The third-order valence-corrected chi connectivity index (χ3v) is 4.81. The number of phosphoric acid groups is 1. The summed E-state index contributed by atoms with van der Waals surface area (Å²) in [4.78, 5) is 30.2. The molecular formula is C16H22N5O7P. The molecule has 1 aliphatic rings. The standard InChI is InChI=1S/C16H22N5O7P/c1-2-3-4-5-6-10-19-14(17)11-15(20-10)21(8-18-11)16-13(23)12(22)9(28-16)7-27-29(24,25)26/h8-9,12-13,16,22-23H,2-4,7H2,1H3,(H2,17,19,20)(H2,24,25,26)/t9-,12-,13-,16?/m1/s1. The highest BCUT2D eigenvalue weighted by atomic mass is 31.2. The number of hydrogen-bond acceptors (Lipinski definition) is 9. The van der Waals surface area contributed by atoms with Gasteiger partial charge in [0.15, 0.2) is 17.7 Å². The first-order valence-electron chi connectivity index (χ1n) is 8.92. The summed E-state index contributed by atoms with van der Waals surface area (Å²) in [5.41, 5.74) is 6.44. The number of nitrogens with zero attached hydrogens (tertiary/aromatic N) is 4. The van der Waals surface area contributed by atoms with Crippen molar-refractivity contribution in [2.75, 3.05) is 12.3 Å². The molecule has 0 radical (unpaired) electrons. The lowest BCUT2D eigenvalue weighted by molar-refractivity contribution is -0.0504. The first kappa shape index (κ1) is 21.6. The number of anilines is 1. The number of aromatic nitrogens is 4. The maximum Gasteiger partial charge on any atom is 0.469 e. The van der Waals surface area contributed by atoms with Gasteiger partial charge in [0, 0.05) is 6.42 Å². The van der Waals surface area contributed by atoms with Gasteiger partial charge in [-0.15, -0.1) is 0 Å². The summed E-state index contributed by atoms with van der Waals surface area (Å²) in [5, 5.41) is 20.5. The minimum absolute atomic E-state index is 0.1000. The molecule has 1 saturated heterocycles. The Balaban J connectivity index is 1.87. The number of aliphatic hydroxyl groups excluding tert-OH is 2. The maximum absolute atomic E-state index is 10.9. The molecule has 1 aliphatic heterocycles. The molecule has 6 N–H and O–H groups in total. The Morgan fingerprint density at radius 2 is 2.10 bits per heavy atom. The van der Waals surface area contributed by atoms with Crippen LogP contribution in [0.3, 0.4) is 0 Å². The summed E-state index contributed by atoms with van der Waals surface area (Å²) in [6, 6.07) is 0. The van der Waals surface area contributed by atoms with Gasteiger partial charge >= 0.3 is 7.82 Å². The number of phosphoric ester groups is 1. The van der Waals surface area contributed by atoms with Gasteiger partial charge in [0.25, 0.3) is 0 Å². The zero-order valence-electron chi connectivity index (χ0n) is 15.5. The van der Waals surface area contributed by atoms with Crippen molar-refractivity contribution in [2.45, 2.75) is 50.7 Å². The van der Waals surface area contributed by atoms with Crippen LogP contribution in [0.5, 0.6) is 0 Å². The molecule has 0 amide bonds. The summed E-state index contributed by atoms with van der Waals surface area (Å²) in [6.07, 6.45) is -1.21. The highest BCUT2D eigenvalue weighted by molar-refractivity contribution is 7.46. The highest BCUT2D eigenvalue weighted by Crippen LogP contribution is 2.38. The summed E-state index contributed by atoms with van der Waals surface area (Å²) in [7, 11) is -4.76. The van der Waals surface area contributed by atoms with Gasteiger partial charge in [-0.05, 0) is 12.3 Å². The number of ether oxygens (including phenoxy) is 1. The number of imidazole rings is 1. The minimum Gasteiger partial charge on any atom is -0.387 e. The molecule has 0 aliphatic carbocycles. The van der Waals surface area contributed by atoms with Crippen LogP contribution in [0.1, 0.15) is 38.2 Å². The molecule has 158 valence electrons. The largest absolute Gasteiger partial charge is 0.469 e. The van der Waals surface area contributed by atoms with Crippen molar-refractivity contribution in [3.63, 3.8) is 0 Å². The molecule has 4 atom stereocenters. The Labute approximate surface area is 165 Å². The van der Waals surface area contributed by atoms with Gasteiger partial charge < -0.3 is 30.5 Å². The van der Waals surface area contributed by atoms with E-state index in [1.54, 1.807) is 0 Å². The van der Waals surface area contributed by atoms with Gasteiger partial charge in [-0.2, -0.15) is 0 Å². The second-order valence-electron chi connectivity index (χ2n) is 6.49. The van der Waals surface area contributed by atoms with E-state index in [0.717, 1.165) is 12.8 Å². The van der Waals surface area contributed by atoms with E-state index in [-0.39, 0.29) is 22.8 Å². The lowest BCUT2D eigenvalue weighted by atomic mass is 10.1. The normalized spacial score (nSPS) is 24.6. The fraction of sp³-hybridized carbons (Fsp3) is 0.562. The SMILES string of the molecule is CCCCC#Cc1nc(N)c2ncn(C3O[C@H](COP(=O)(O)O)[C@@H](O)[C@H]3O)c2n1. The number of rotatable bonds is 6. The van der Waals surface area contributed by atoms with E-state index < -0.39 is 39.0 Å². The van der Waals surface area contributed by atoms with Crippen molar-refractivity contribution < 1.29 is 33.8 Å². The van der Waals surface area contributed by atoms with Crippen molar-refractivity contribution in [1.29, 1.82) is 0 Å². The highest BCUT2D eigenvalue weighted by Gasteiger charge is 2.45. The van der Waals surface area contributed by atoms with Gasteiger partial charge in [-0.3, -0.25) is 9.09 Å². The van der Waals surface area contributed by atoms with Crippen LogP contribution in [0.2, 0.25) is 0 Å². The molecule has 2 aromatic heterocycles. The topological polar surface area (TPSA) is 186 Å². The fourth-order valence-electron chi connectivity index (χ4n) is 2.85. The lowest BCUT2D eigenvalue weighted by Gasteiger charge is -2.16. The number of nitrogens with two attached hydrogens (primary N) is 1. The Bertz CT molecular complexity index is 981. The first-order valence-corrected chi connectivity index (χ1v) is 10.4. The second-order valence-corrected chi connectivity index (χ2v) is 7.73. The van der Waals surface area contributed by atoms with Gasteiger partial charge in [0.2, 0.25) is 5.82 Å². The zero-order valence-corrected chi connectivity index (χ0v) is 16.4. The van der Waals surface area contributed by atoms with E-state index in [1.165, 1.54) is 10.9 Å². The molecule has 1 unspecified atom stereocenters. The molecule has 2 aromatic rings. The number of hydrogen-bond donors (Lipinski definition) is 5. The quantitative estimate of drug-likeness (QED) is 0.231. The minimum atomic E-state index is -4.76. The smallest absolute Gasteiger partial charge is 0.387 e. The van der Waals surface area contributed by atoms with Crippen molar-refractivity contribution >= 4 is 24.8 Å². The summed E-state index contributed by atoms with van der Waals surface area (Å²) < 4.78 is 22.1. The Hall–Kier alpha value is -2.10. The van der Waals surface area contributed by atoms with E-state index in [2.05, 4.69) is 38.2 Å². The maximum atomic E-state index is 10.9. The second kappa shape index (κ2) is 8.73. The third kappa shape index (κ3) is 4.91. The Kier molecular flexibility index (Phi) is 6.50. The van der Waals surface area contributed by atoms with Crippen LogP contribution < -0.4 is 5.73 Å². The zero-order chi connectivity index (χ0) is 21.2. The van der Waals surface area contributed by atoms with E-state index in [1.807, 2.05) is 0 Å². The molecule has 3 heterocycles. The molecule has 0 spiro atoms. The van der Waals surface area contributed by atoms with Crippen LogP contribution in [-0.2, 0) is 13.8 Å². The molecule has 0 aromatic carbocycles. The van der Waals surface area contributed by atoms with Crippen molar-refractivity contribution in [2.24, 2.45) is 0 Å². The molecule has 13 heteroatoms. The van der Waals surface area contributed by atoms with Gasteiger partial charge in [-0.25, -0.2) is 19.5 Å². The molecule has 0 saturated carbocycles. The summed E-state index contributed by atoms with van der Waals surface area (Å²) in [6.45, 7) is 1.44. The van der Waals surface area contributed by atoms with E-state index in [9.17, 15) is 14.8 Å². The molecule has 1 fully saturated rings. The third-order valence-electron chi connectivity index (χ3n) is 4.32. The van der Waals surface area contributed by atoms with Crippen LogP contribution in [0.25, 0.3) is 11.2 Å². The van der Waals surface area contributed by atoms with Gasteiger partial charge in [-0.1, -0.05) is 19.3 Å². The fourth-order valence-corrected chi connectivity index (χ4v) is 3.20. The molecule has 29 heavy (non-hydrogen) atoms. The monoisotopic (exact) mass is 427 g/mol. The van der Waals surface area contributed by atoms with Gasteiger partial charge in [0.1, 0.15) is 23.8 Å². The van der Waals surface area contributed by atoms with Crippen molar-refractivity contribution in [3.8, 4) is 11.8 Å². The Morgan fingerprint density at radius 1 is 1.34 bits per heavy atom. The number of fused-ring (bicyclic) bond motifs is 1. The predicted octanol–water partition coefficient (Wildman–Crippen LogP) is -0.321. The summed E-state index contributed by atoms with van der Waals surface area (Å²) >= 11 is 0. The van der Waals surface area contributed by atoms with Crippen LogP contribution in [0.4, 0.5) is 5.82 Å². The molecule has 0 bridgehead atoms. The van der Waals surface area contributed by atoms with E-state index >= 15 is 0 Å². The van der Waals surface area contributed by atoms with Crippen LogP contribution in [0, 0.1) is 11.8 Å². The average molecular weight is 427 g/mol. The van der Waals surface area contributed by atoms with E-state index in [0.29, 0.717) is 6.42 Å². The molecule has 3 rings (SSSR count). The Morgan fingerprint density at radius 3 is 2.79 bits per heavy atom. The molecular weight excluding hydrogens is 405 g/mol. The summed E-state index contributed by atoms with van der Waals surface area (Å²) in [5.74, 6) is 6.07. The molecule has 12 nitrogen and oxygen atoms in total. The average Bonchev–Trinajstić information content (AvgIpc) is 3.19. The predicted molar refractivity (Wildman–Crippen MR) is 100 cm³/mol. The first-order chi connectivity index (χ1) is 13.7. The van der Waals surface area contributed by atoms with Crippen molar-refractivity contribution in [3.05, 3.63) is 12.2 Å².